The topological polar surface area (TPSA) is 71.7 Å². The third-order valence-electron chi connectivity index (χ3n) is 5.72. The summed E-state index contributed by atoms with van der Waals surface area (Å²) in [7, 11) is -1.95. The zero-order chi connectivity index (χ0) is 22.2. The van der Waals surface area contributed by atoms with Crippen molar-refractivity contribution < 1.29 is 17.6 Å². The van der Waals surface area contributed by atoms with Gasteiger partial charge in [-0.2, -0.15) is 9.30 Å². The molecule has 31 heavy (non-hydrogen) atoms. The molecule has 1 saturated heterocycles. The van der Waals surface area contributed by atoms with Crippen LogP contribution in [0.25, 0.3) is 10.2 Å². The number of para-hydroxylation sites is 1. The van der Waals surface area contributed by atoms with E-state index in [1.54, 1.807) is 28.1 Å². The van der Waals surface area contributed by atoms with E-state index in [4.69, 9.17) is 0 Å². The molecule has 0 radical (unpaired) electrons. The highest BCUT2D eigenvalue weighted by Crippen LogP contribution is 2.27. The minimum Gasteiger partial charge on any atom is -0.317 e. The van der Waals surface area contributed by atoms with E-state index in [0.29, 0.717) is 21.6 Å². The molecular formula is C22H24FN3O3S2. The van der Waals surface area contributed by atoms with E-state index in [9.17, 15) is 17.6 Å². The van der Waals surface area contributed by atoms with Crippen molar-refractivity contribution in [1.29, 1.82) is 0 Å². The standard InChI is InChI=1S/C22H24FN3O3S2/c1-3-16-7-4-5-14-26(16)31(28,29)17-12-10-15(11-13-17)21(27)24-22-25(2)20-18(23)8-6-9-19(20)30-22/h6,8-13,16H,3-5,7,14H2,1-2H3. The van der Waals surface area contributed by atoms with Crippen molar-refractivity contribution in [1.82, 2.24) is 8.87 Å². The summed E-state index contributed by atoms with van der Waals surface area (Å²) in [5.41, 5.74) is 0.676. The highest BCUT2D eigenvalue weighted by molar-refractivity contribution is 7.89. The first-order chi connectivity index (χ1) is 14.8. The lowest BCUT2D eigenvalue weighted by molar-refractivity contribution is 0.0998. The van der Waals surface area contributed by atoms with Gasteiger partial charge in [-0.3, -0.25) is 4.79 Å². The van der Waals surface area contributed by atoms with Crippen LogP contribution in [0.4, 0.5) is 4.39 Å². The smallest absolute Gasteiger partial charge is 0.279 e. The zero-order valence-electron chi connectivity index (χ0n) is 17.4. The Labute approximate surface area is 184 Å². The number of rotatable bonds is 4. The number of halogens is 1. The Morgan fingerprint density at radius 2 is 1.94 bits per heavy atom. The fourth-order valence-electron chi connectivity index (χ4n) is 4.02. The lowest BCUT2D eigenvalue weighted by Crippen LogP contribution is -2.43. The fourth-order valence-corrected chi connectivity index (χ4v) is 6.82. The second-order valence-corrected chi connectivity index (χ2v) is 10.5. The molecule has 6 nitrogen and oxygen atoms in total. The van der Waals surface area contributed by atoms with Gasteiger partial charge in [0.1, 0.15) is 5.82 Å². The van der Waals surface area contributed by atoms with Crippen molar-refractivity contribution in [2.45, 2.75) is 43.5 Å². The van der Waals surface area contributed by atoms with E-state index in [2.05, 4.69) is 4.99 Å². The molecule has 3 aromatic rings. The summed E-state index contributed by atoms with van der Waals surface area (Å²) in [5, 5.41) is 0. The van der Waals surface area contributed by atoms with Crippen LogP contribution in [0, 0.1) is 5.82 Å². The molecule has 0 saturated carbocycles. The van der Waals surface area contributed by atoms with Crippen molar-refractivity contribution in [2.24, 2.45) is 12.0 Å². The number of piperidine rings is 1. The van der Waals surface area contributed by atoms with Crippen molar-refractivity contribution in [3.8, 4) is 0 Å². The summed E-state index contributed by atoms with van der Waals surface area (Å²) < 4.78 is 44.1. The summed E-state index contributed by atoms with van der Waals surface area (Å²) in [6, 6.07) is 10.7. The molecule has 1 amide bonds. The number of carbonyl (C=O) groups excluding carboxylic acids is 1. The van der Waals surface area contributed by atoms with E-state index in [1.807, 2.05) is 6.92 Å². The Morgan fingerprint density at radius 1 is 1.19 bits per heavy atom. The van der Waals surface area contributed by atoms with Gasteiger partial charge in [-0.05, 0) is 55.7 Å². The molecule has 1 aromatic heterocycles. The van der Waals surface area contributed by atoms with E-state index in [0.717, 1.165) is 25.7 Å². The maximum Gasteiger partial charge on any atom is 0.279 e. The molecule has 4 rings (SSSR count). The molecule has 1 aliphatic heterocycles. The normalized spacial score (nSPS) is 18.5. The fraction of sp³-hybridized carbons (Fsp3) is 0.364. The van der Waals surface area contributed by atoms with Crippen LogP contribution in [0.2, 0.25) is 0 Å². The van der Waals surface area contributed by atoms with E-state index in [-0.39, 0.29) is 22.3 Å². The van der Waals surface area contributed by atoms with E-state index in [1.165, 1.54) is 41.7 Å². The summed E-state index contributed by atoms with van der Waals surface area (Å²) >= 11 is 1.22. The quantitative estimate of drug-likeness (QED) is 0.588. The molecule has 1 aliphatic rings. The van der Waals surface area contributed by atoms with Crippen LogP contribution in [-0.4, -0.2) is 35.8 Å². The molecule has 164 valence electrons. The third kappa shape index (κ3) is 4.09. The van der Waals surface area contributed by atoms with Gasteiger partial charge in [0.05, 0.1) is 15.1 Å². The Hall–Kier alpha value is -2.36. The second kappa shape index (κ2) is 8.64. The highest BCUT2D eigenvalue weighted by atomic mass is 32.2. The van der Waals surface area contributed by atoms with Gasteiger partial charge in [-0.25, -0.2) is 12.8 Å². The first kappa shape index (κ1) is 21.9. The van der Waals surface area contributed by atoms with Gasteiger partial charge in [0.2, 0.25) is 10.0 Å². The number of aryl methyl sites for hydroxylation is 1. The maximum absolute atomic E-state index is 14.1. The SMILES string of the molecule is CCC1CCCCN1S(=O)(=O)c1ccc(C(=O)N=c2sc3cccc(F)c3n2C)cc1. The van der Waals surface area contributed by atoms with Crippen LogP contribution in [-0.2, 0) is 17.1 Å². The van der Waals surface area contributed by atoms with Gasteiger partial charge in [0.25, 0.3) is 5.91 Å². The lowest BCUT2D eigenvalue weighted by atomic mass is 10.0. The average molecular weight is 462 g/mol. The monoisotopic (exact) mass is 461 g/mol. The molecule has 0 bridgehead atoms. The van der Waals surface area contributed by atoms with Crippen molar-refractivity contribution >= 4 is 37.5 Å². The summed E-state index contributed by atoms with van der Waals surface area (Å²) in [5.74, 6) is -0.876. The highest BCUT2D eigenvalue weighted by Gasteiger charge is 2.32. The van der Waals surface area contributed by atoms with Crippen molar-refractivity contribution in [3.05, 3.63) is 58.6 Å². The maximum atomic E-state index is 14.1. The Bertz CT molecular complexity index is 1290. The molecule has 0 aliphatic carbocycles. The predicted octanol–water partition coefficient (Wildman–Crippen LogP) is 4.07. The zero-order valence-corrected chi connectivity index (χ0v) is 19.0. The number of hydrogen-bond acceptors (Lipinski definition) is 4. The molecule has 0 spiro atoms. The van der Waals surface area contributed by atoms with Gasteiger partial charge >= 0.3 is 0 Å². The first-order valence-electron chi connectivity index (χ1n) is 10.3. The summed E-state index contributed by atoms with van der Waals surface area (Å²) in [6.45, 7) is 2.53. The van der Waals surface area contributed by atoms with E-state index >= 15 is 0 Å². The Balaban J connectivity index is 1.63. The number of nitrogens with zero attached hydrogens (tertiary/aromatic N) is 3. The number of carbonyl (C=O) groups is 1. The van der Waals surface area contributed by atoms with Crippen LogP contribution < -0.4 is 4.80 Å². The largest absolute Gasteiger partial charge is 0.317 e. The molecule has 0 N–H and O–H groups in total. The predicted molar refractivity (Wildman–Crippen MR) is 119 cm³/mol. The Morgan fingerprint density at radius 3 is 2.61 bits per heavy atom. The molecule has 2 heterocycles. The van der Waals surface area contributed by atoms with Crippen LogP contribution in [0.1, 0.15) is 43.0 Å². The molecule has 9 heteroatoms. The number of fused-ring (bicyclic) bond motifs is 1. The summed E-state index contributed by atoms with van der Waals surface area (Å²) in [4.78, 5) is 17.3. The number of benzene rings is 2. The van der Waals surface area contributed by atoms with Gasteiger partial charge in [0, 0.05) is 25.2 Å². The molecular weight excluding hydrogens is 437 g/mol. The first-order valence-corrected chi connectivity index (χ1v) is 12.5. The van der Waals surface area contributed by atoms with Gasteiger partial charge in [0.15, 0.2) is 4.80 Å². The number of hydrogen-bond donors (Lipinski definition) is 0. The second-order valence-electron chi connectivity index (χ2n) is 7.65. The average Bonchev–Trinajstić information content (AvgIpc) is 3.10. The van der Waals surface area contributed by atoms with Crippen LogP contribution in [0.3, 0.4) is 0 Å². The number of aromatic nitrogens is 1. The van der Waals surface area contributed by atoms with Crippen molar-refractivity contribution in [3.63, 3.8) is 0 Å². The lowest BCUT2D eigenvalue weighted by Gasteiger charge is -2.34. The van der Waals surface area contributed by atoms with E-state index < -0.39 is 15.9 Å². The Kier molecular flexibility index (Phi) is 6.09. The van der Waals surface area contributed by atoms with Crippen LogP contribution in [0.5, 0.6) is 0 Å². The number of sulfonamides is 1. The molecule has 1 atom stereocenters. The minimum atomic E-state index is -3.61. The number of thiazole rings is 1. The van der Waals surface area contributed by atoms with Gasteiger partial charge in [-0.15, -0.1) is 0 Å². The summed E-state index contributed by atoms with van der Waals surface area (Å²) in [6.07, 6.45) is 3.55. The van der Waals surface area contributed by atoms with Gasteiger partial charge < -0.3 is 4.57 Å². The molecule has 1 unspecified atom stereocenters. The molecule has 2 aromatic carbocycles. The van der Waals surface area contributed by atoms with Crippen LogP contribution in [0.15, 0.2) is 52.4 Å². The minimum absolute atomic E-state index is 0.0171. The van der Waals surface area contributed by atoms with Crippen molar-refractivity contribution in [2.75, 3.05) is 6.54 Å². The van der Waals surface area contributed by atoms with Crippen LogP contribution >= 0.6 is 11.3 Å². The number of amides is 1. The van der Waals surface area contributed by atoms with Gasteiger partial charge in [-0.1, -0.05) is 30.7 Å². The molecule has 1 fully saturated rings. The third-order valence-corrected chi connectivity index (χ3v) is 8.79.